The van der Waals surface area contributed by atoms with Crippen molar-refractivity contribution in [2.24, 2.45) is 5.10 Å². The average Bonchev–Trinajstić information content (AvgIpc) is 2.19. The fraction of sp³-hybridized carbons (Fsp3) is 0.800. The molecule has 1 aliphatic heterocycles. The molecule has 0 aromatic rings. The van der Waals surface area contributed by atoms with Crippen molar-refractivity contribution in [2.45, 2.75) is 6.42 Å². The summed E-state index contributed by atoms with van der Waals surface area (Å²) in [6.07, 6.45) is 1.17. The van der Waals surface area contributed by atoms with Crippen molar-refractivity contribution in [2.75, 3.05) is 18.6 Å². The Labute approximate surface area is 53.7 Å². The van der Waals surface area contributed by atoms with Crippen molar-refractivity contribution in [3.63, 3.8) is 0 Å². The summed E-state index contributed by atoms with van der Waals surface area (Å²) in [7, 11) is 1.84. The number of hydrogen-bond donors (Lipinski definition) is 1. The van der Waals surface area contributed by atoms with Crippen LogP contribution in [0, 0.1) is 0 Å². The minimum Gasteiger partial charge on any atom is -0.313 e. The van der Waals surface area contributed by atoms with Gasteiger partial charge in [0.25, 0.3) is 0 Å². The van der Waals surface area contributed by atoms with E-state index in [2.05, 4.69) is 10.5 Å². The van der Waals surface area contributed by atoms with Gasteiger partial charge in [0.1, 0.15) is 0 Å². The van der Waals surface area contributed by atoms with Gasteiger partial charge in [0.05, 0.1) is 0 Å². The molecule has 2 nitrogen and oxygen atoms in total. The van der Waals surface area contributed by atoms with Crippen LogP contribution in [0.5, 0.6) is 0 Å². The molecule has 1 heterocycles. The maximum Gasteiger partial charge on any atom is 0.0485 e. The number of thioether (sulfide) groups is 1. The predicted molar refractivity (Wildman–Crippen MR) is 38.4 cm³/mol. The normalized spacial score (nSPS) is 24.4. The van der Waals surface area contributed by atoms with Crippen LogP contribution in [-0.2, 0) is 0 Å². The largest absolute Gasteiger partial charge is 0.313 e. The fourth-order valence-electron chi connectivity index (χ4n) is 0.698. The van der Waals surface area contributed by atoms with E-state index < -0.39 is 0 Å². The van der Waals surface area contributed by atoms with E-state index in [4.69, 9.17) is 0 Å². The summed E-state index contributed by atoms with van der Waals surface area (Å²) in [5.74, 6) is 2.38. The summed E-state index contributed by atoms with van der Waals surface area (Å²) >= 11 is 1.95. The van der Waals surface area contributed by atoms with E-state index in [9.17, 15) is 0 Å². The molecule has 0 aromatic carbocycles. The summed E-state index contributed by atoms with van der Waals surface area (Å²) in [6, 6.07) is 0. The Morgan fingerprint density at radius 2 is 2.62 bits per heavy atom. The van der Waals surface area contributed by atoms with Gasteiger partial charge in [-0.3, -0.25) is 0 Å². The molecule has 0 saturated carbocycles. The van der Waals surface area contributed by atoms with Gasteiger partial charge >= 0.3 is 0 Å². The van der Waals surface area contributed by atoms with Gasteiger partial charge in [0.15, 0.2) is 0 Å². The molecular weight excluding hydrogens is 120 g/mol. The Kier molecular flexibility index (Phi) is 2.21. The Morgan fingerprint density at radius 3 is 3.12 bits per heavy atom. The molecule has 0 bridgehead atoms. The highest BCUT2D eigenvalue weighted by Gasteiger charge is 2.06. The van der Waals surface area contributed by atoms with Crippen molar-refractivity contribution < 1.29 is 0 Å². The molecular formula is C5H10N2S. The molecule has 0 atom stereocenters. The third-order valence-electron chi connectivity index (χ3n) is 1.07. The lowest BCUT2D eigenvalue weighted by Crippen LogP contribution is -2.03. The Morgan fingerprint density at radius 1 is 1.75 bits per heavy atom. The van der Waals surface area contributed by atoms with Gasteiger partial charge in [0.2, 0.25) is 0 Å². The molecule has 0 radical (unpaired) electrons. The second kappa shape index (κ2) is 2.97. The third kappa shape index (κ3) is 1.40. The van der Waals surface area contributed by atoms with Crippen LogP contribution in [0.1, 0.15) is 6.42 Å². The zero-order valence-corrected chi connectivity index (χ0v) is 5.79. The number of hydrogen-bond acceptors (Lipinski definition) is 3. The first-order valence-corrected chi connectivity index (χ1v) is 3.89. The molecule has 8 heavy (non-hydrogen) atoms. The van der Waals surface area contributed by atoms with Crippen LogP contribution in [0.25, 0.3) is 0 Å². The summed E-state index contributed by atoms with van der Waals surface area (Å²) < 4.78 is 0. The van der Waals surface area contributed by atoms with Gasteiger partial charge in [0, 0.05) is 18.5 Å². The molecule has 0 unspecified atom stereocenters. The highest BCUT2D eigenvalue weighted by molar-refractivity contribution is 8.00. The van der Waals surface area contributed by atoms with E-state index in [1.54, 1.807) is 0 Å². The molecule has 1 saturated heterocycles. The second-order valence-electron chi connectivity index (χ2n) is 1.70. The molecule has 0 spiro atoms. The molecule has 46 valence electrons. The van der Waals surface area contributed by atoms with E-state index in [1.807, 2.05) is 18.8 Å². The first-order valence-electron chi connectivity index (χ1n) is 2.73. The third-order valence-corrected chi connectivity index (χ3v) is 2.10. The zero-order valence-electron chi connectivity index (χ0n) is 4.98. The van der Waals surface area contributed by atoms with Crippen molar-refractivity contribution in [3.8, 4) is 0 Å². The highest BCUT2D eigenvalue weighted by atomic mass is 32.2. The van der Waals surface area contributed by atoms with Crippen LogP contribution in [0.15, 0.2) is 5.10 Å². The Hall–Kier alpha value is -0.180. The van der Waals surface area contributed by atoms with E-state index >= 15 is 0 Å². The minimum absolute atomic E-state index is 1.13. The van der Waals surface area contributed by atoms with E-state index in [1.165, 1.54) is 17.9 Å². The number of rotatable bonds is 1. The van der Waals surface area contributed by atoms with Crippen LogP contribution in [0.2, 0.25) is 0 Å². The van der Waals surface area contributed by atoms with Gasteiger partial charge in [-0.15, -0.1) is 0 Å². The number of nitrogens with zero attached hydrogens (tertiary/aromatic N) is 1. The van der Waals surface area contributed by atoms with Crippen molar-refractivity contribution in [1.82, 2.24) is 5.43 Å². The first-order chi connectivity index (χ1) is 3.93. The van der Waals surface area contributed by atoms with Gasteiger partial charge in [-0.25, -0.2) is 0 Å². The monoisotopic (exact) mass is 130 g/mol. The summed E-state index contributed by atoms with van der Waals surface area (Å²) in [6.45, 7) is 0. The van der Waals surface area contributed by atoms with Gasteiger partial charge in [-0.05, 0) is 12.2 Å². The van der Waals surface area contributed by atoms with Crippen LogP contribution >= 0.6 is 11.8 Å². The van der Waals surface area contributed by atoms with Gasteiger partial charge in [-0.1, -0.05) is 0 Å². The highest BCUT2D eigenvalue weighted by Crippen LogP contribution is 2.13. The lowest BCUT2D eigenvalue weighted by atomic mass is 10.3. The maximum atomic E-state index is 4.07. The average molecular weight is 130 g/mol. The first kappa shape index (κ1) is 5.95. The summed E-state index contributed by atoms with van der Waals surface area (Å²) in [5, 5.41) is 4.07. The predicted octanol–water partition coefficient (Wildman–Crippen LogP) is 0.699. The standard InChI is InChI=1S/C5H10N2S/c1-6-7-5-2-3-8-4-5/h6H,2-4H2,1H3/b7-5+. The van der Waals surface area contributed by atoms with E-state index in [-0.39, 0.29) is 0 Å². The Bertz CT molecular complexity index is 92.6. The molecule has 1 aliphatic rings. The van der Waals surface area contributed by atoms with Crippen molar-refractivity contribution >= 4 is 17.5 Å². The van der Waals surface area contributed by atoms with Gasteiger partial charge < -0.3 is 5.43 Å². The maximum absolute atomic E-state index is 4.07. The number of hydrazone groups is 1. The molecule has 1 fully saturated rings. The quantitative estimate of drug-likeness (QED) is 0.528. The molecule has 1 rings (SSSR count). The minimum atomic E-state index is 1.13. The Balaban J connectivity index is 2.33. The van der Waals surface area contributed by atoms with Crippen LogP contribution in [0.4, 0.5) is 0 Å². The smallest absolute Gasteiger partial charge is 0.0485 e. The molecule has 1 N–H and O–H groups in total. The lowest BCUT2D eigenvalue weighted by Gasteiger charge is -1.89. The van der Waals surface area contributed by atoms with Gasteiger partial charge in [-0.2, -0.15) is 16.9 Å². The fourth-order valence-corrected chi connectivity index (χ4v) is 1.67. The van der Waals surface area contributed by atoms with Crippen molar-refractivity contribution in [3.05, 3.63) is 0 Å². The van der Waals surface area contributed by atoms with Crippen LogP contribution in [-0.4, -0.2) is 24.3 Å². The van der Waals surface area contributed by atoms with Crippen LogP contribution in [0.3, 0.4) is 0 Å². The molecule has 0 amide bonds. The summed E-state index contributed by atoms with van der Waals surface area (Å²) in [5.41, 5.74) is 4.09. The van der Waals surface area contributed by atoms with E-state index in [0.29, 0.717) is 0 Å². The SMILES string of the molecule is CN/N=C1\CCSC1. The van der Waals surface area contributed by atoms with Crippen molar-refractivity contribution in [1.29, 1.82) is 0 Å². The number of nitrogens with one attached hydrogen (secondary N) is 1. The molecule has 3 heteroatoms. The summed E-state index contributed by atoms with van der Waals surface area (Å²) in [4.78, 5) is 0. The topological polar surface area (TPSA) is 24.4 Å². The van der Waals surface area contributed by atoms with Crippen LogP contribution < -0.4 is 5.43 Å². The lowest BCUT2D eigenvalue weighted by molar-refractivity contribution is 0.893. The second-order valence-corrected chi connectivity index (χ2v) is 2.81. The van der Waals surface area contributed by atoms with E-state index in [0.717, 1.165) is 5.75 Å². The molecule has 0 aliphatic carbocycles. The zero-order chi connectivity index (χ0) is 5.82. The molecule has 0 aromatic heterocycles.